The standard InChI is InChI=1S/C16H27NO2/c1-5-13(2)17-12-14(3)19-16-8-6-15(7-9-16)10-11-18-4/h6-9,13-14,17H,5,10-12H2,1-4H3. The third-order valence-electron chi connectivity index (χ3n) is 3.22. The highest BCUT2D eigenvalue weighted by atomic mass is 16.5. The lowest BCUT2D eigenvalue weighted by Crippen LogP contribution is -2.34. The first-order chi connectivity index (χ1) is 9.15. The minimum absolute atomic E-state index is 0.179. The second-order valence-electron chi connectivity index (χ2n) is 5.03. The van der Waals surface area contributed by atoms with Gasteiger partial charge in [-0.1, -0.05) is 19.1 Å². The molecule has 19 heavy (non-hydrogen) atoms. The fourth-order valence-corrected chi connectivity index (χ4v) is 1.74. The Morgan fingerprint density at radius 2 is 1.84 bits per heavy atom. The van der Waals surface area contributed by atoms with Gasteiger partial charge < -0.3 is 14.8 Å². The van der Waals surface area contributed by atoms with Crippen molar-refractivity contribution < 1.29 is 9.47 Å². The summed E-state index contributed by atoms with van der Waals surface area (Å²) in [7, 11) is 1.73. The summed E-state index contributed by atoms with van der Waals surface area (Å²) in [6.45, 7) is 8.10. The van der Waals surface area contributed by atoms with Gasteiger partial charge in [-0.15, -0.1) is 0 Å². The van der Waals surface area contributed by atoms with Gasteiger partial charge in [0.15, 0.2) is 0 Å². The third-order valence-corrected chi connectivity index (χ3v) is 3.22. The Bertz CT molecular complexity index is 337. The van der Waals surface area contributed by atoms with Crippen molar-refractivity contribution >= 4 is 0 Å². The molecule has 0 saturated heterocycles. The molecule has 0 bridgehead atoms. The van der Waals surface area contributed by atoms with E-state index in [0.717, 1.165) is 31.7 Å². The van der Waals surface area contributed by atoms with Crippen LogP contribution in [0.2, 0.25) is 0 Å². The van der Waals surface area contributed by atoms with E-state index in [1.807, 2.05) is 12.1 Å². The van der Waals surface area contributed by atoms with Gasteiger partial charge in [0.1, 0.15) is 11.9 Å². The van der Waals surface area contributed by atoms with Gasteiger partial charge in [-0.2, -0.15) is 0 Å². The molecule has 3 nitrogen and oxygen atoms in total. The van der Waals surface area contributed by atoms with Gasteiger partial charge in [-0.25, -0.2) is 0 Å². The van der Waals surface area contributed by atoms with E-state index in [0.29, 0.717) is 6.04 Å². The van der Waals surface area contributed by atoms with Gasteiger partial charge >= 0.3 is 0 Å². The molecule has 108 valence electrons. The van der Waals surface area contributed by atoms with Crippen molar-refractivity contribution in [2.45, 2.75) is 45.8 Å². The van der Waals surface area contributed by atoms with Crippen molar-refractivity contribution in [3.05, 3.63) is 29.8 Å². The van der Waals surface area contributed by atoms with Crippen molar-refractivity contribution in [2.24, 2.45) is 0 Å². The van der Waals surface area contributed by atoms with Crippen LogP contribution in [0, 0.1) is 0 Å². The Hall–Kier alpha value is -1.06. The molecule has 0 aliphatic rings. The molecule has 1 aromatic carbocycles. The van der Waals surface area contributed by atoms with Crippen LogP contribution in [0.4, 0.5) is 0 Å². The smallest absolute Gasteiger partial charge is 0.119 e. The van der Waals surface area contributed by atoms with Crippen LogP contribution in [0.15, 0.2) is 24.3 Å². The van der Waals surface area contributed by atoms with E-state index in [1.165, 1.54) is 5.56 Å². The summed E-state index contributed by atoms with van der Waals surface area (Å²) >= 11 is 0. The summed E-state index contributed by atoms with van der Waals surface area (Å²) < 4.78 is 10.9. The van der Waals surface area contributed by atoms with E-state index in [1.54, 1.807) is 7.11 Å². The first-order valence-corrected chi connectivity index (χ1v) is 7.13. The predicted molar refractivity (Wildman–Crippen MR) is 79.9 cm³/mol. The Morgan fingerprint density at radius 3 is 2.42 bits per heavy atom. The maximum atomic E-state index is 5.87. The van der Waals surface area contributed by atoms with E-state index in [-0.39, 0.29) is 6.10 Å². The van der Waals surface area contributed by atoms with Gasteiger partial charge in [0.25, 0.3) is 0 Å². The van der Waals surface area contributed by atoms with Crippen LogP contribution in [0.3, 0.4) is 0 Å². The third kappa shape index (κ3) is 6.60. The molecule has 1 rings (SSSR count). The highest BCUT2D eigenvalue weighted by Crippen LogP contribution is 2.14. The van der Waals surface area contributed by atoms with Crippen LogP contribution in [0.1, 0.15) is 32.8 Å². The molecular weight excluding hydrogens is 238 g/mol. The number of rotatable bonds is 9. The molecule has 0 aliphatic heterocycles. The first-order valence-electron chi connectivity index (χ1n) is 7.13. The minimum atomic E-state index is 0.179. The number of nitrogens with one attached hydrogen (secondary N) is 1. The lowest BCUT2D eigenvalue weighted by Gasteiger charge is -2.18. The van der Waals surface area contributed by atoms with Crippen molar-refractivity contribution in [3.63, 3.8) is 0 Å². The Morgan fingerprint density at radius 1 is 1.16 bits per heavy atom. The zero-order valence-corrected chi connectivity index (χ0v) is 12.6. The molecule has 0 heterocycles. The molecule has 1 N–H and O–H groups in total. The van der Waals surface area contributed by atoms with Crippen molar-refractivity contribution in [1.29, 1.82) is 0 Å². The fourth-order valence-electron chi connectivity index (χ4n) is 1.74. The summed E-state index contributed by atoms with van der Waals surface area (Å²) in [5.74, 6) is 0.930. The van der Waals surface area contributed by atoms with Crippen LogP contribution in [-0.4, -0.2) is 32.4 Å². The van der Waals surface area contributed by atoms with E-state index >= 15 is 0 Å². The molecule has 3 heteroatoms. The van der Waals surface area contributed by atoms with E-state index in [9.17, 15) is 0 Å². The molecule has 1 aromatic rings. The van der Waals surface area contributed by atoms with Gasteiger partial charge in [-0.05, 0) is 44.4 Å². The molecule has 2 atom stereocenters. The molecule has 0 spiro atoms. The molecule has 0 fully saturated rings. The van der Waals surface area contributed by atoms with Gasteiger partial charge in [-0.3, -0.25) is 0 Å². The van der Waals surface area contributed by atoms with Gasteiger partial charge in [0.05, 0.1) is 6.61 Å². The normalized spacial score (nSPS) is 14.1. The average Bonchev–Trinajstić information content (AvgIpc) is 2.44. The van der Waals surface area contributed by atoms with Crippen LogP contribution < -0.4 is 10.1 Å². The van der Waals surface area contributed by atoms with Crippen LogP contribution >= 0.6 is 0 Å². The van der Waals surface area contributed by atoms with Gasteiger partial charge in [0.2, 0.25) is 0 Å². The Labute approximate surface area is 117 Å². The number of methoxy groups -OCH3 is 1. The zero-order chi connectivity index (χ0) is 14.1. The summed E-state index contributed by atoms with van der Waals surface area (Å²) in [4.78, 5) is 0. The quantitative estimate of drug-likeness (QED) is 0.744. The highest BCUT2D eigenvalue weighted by molar-refractivity contribution is 5.27. The van der Waals surface area contributed by atoms with E-state index in [4.69, 9.17) is 9.47 Å². The molecule has 0 saturated carbocycles. The highest BCUT2D eigenvalue weighted by Gasteiger charge is 2.05. The van der Waals surface area contributed by atoms with Gasteiger partial charge in [0, 0.05) is 19.7 Å². The minimum Gasteiger partial charge on any atom is -0.489 e. The maximum absolute atomic E-state index is 5.87. The van der Waals surface area contributed by atoms with Crippen LogP contribution in [-0.2, 0) is 11.2 Å². The summed E-state index contributed by atoms with van der Waals surface area (Å²) in [5, 5.41) is 3.45. The Kier molecular flexibility index (Phi) is 7.53. The number of hydrogen-bond acceptors (Lipinski definition) is 3. The molecular formula is C16H27NO2. The topological polar surface area (TPSA) is 30.5 Å². The first kappa shape index (κ1) is 16.0. The van der Waals surface area contributed by atoms with Crippen LogP contribution in [0.25, 0.3) is 0 Å². The number of hydrogen-bond donors (Lipinski definition) is 1. The summed E-state index contributed by atoms with van der Waals surface area (Å²) in [6, 6.07) is 8.81. The maximum Gasteiger partial charge on any atom is 0.119 e. The zero-order valence-electron chi connectivity index (χ0n) is 12.6. The van der Waals surface area contributed by atoms with Crippen LogP contribution in [0.5, 0.6) is 5.75 Å². The average molecular weight is 265 g/mol. The van der Waals surface area contributed by atoms with Crippen molar-refractivity contribution in [1.82, 2.24) is 5.32 Å². The number of ether oxygens (including phenoxy) is 2. The lowest BCUT2D eigenvalue weighted by molar-refractivity contribution is 0.202. The molecule has 0 amide bonds. The second kappa shape index (κ2) is 8.94. The van der Waals surface area contributed by atoms with E-state index < -0.39 is 0 Å². The molecule has 0 aliphatic carbocycles. The second-order valence-corrected chi connectivity index (χ2v) is 5.03. The number of benzene rings is 1. The monoisotopic (exact) mass is 265 g/mol. The van der Waals surface area contributed by atoms with E-state index in [2.05, 4.69) is 38.2 Å². The molecule has 0 radical (unpaired) electrons. The summed E-state index contributed by atoms with van der Waals surface area (Å²) in [6.07, 6.45) is 2.27. The summed E-state index contributed by atoms with van der Waals surface area (Å²) in [5.41, 5.74) is 1.28. The largest absolute Gasteiger partial charge is 0.489 e. The predicted octanol–water partition coefficient (Wildman–Crippen LogP) is 3.03. The Balaban J connectivity index is 2.35. The van der Waals surface area contributed by atoms with Crippen molar-refractivity contribution in [2.75, 3.05) is 20.3 Å². The lowest BCUT2D eigenvalue weighted by atomic mass is 10.1. The molecule has 0 aromatic heterocycles. The SMILES string of the molecule is CCC(C)NCC(C)Oc1ccc(CCOC)cc1. The fraction of sp³-hybridized carbons (Fsp3) is 0.625. The molecule has 2 unspecified atom stereocenters. The van der Waals surface area contributed by atoms with Crippen molar-refractivity contribution in [3.8, 4) is 5.75 Å².